The number of para-hydroxylation sites is 1. The molecule has 0 saturated heterocycles. The number of hydrogen-bond donors (Lipinski definition) is 0. The molecule has 0 fully saturated rings. The molecule has 0 atom stereocenters. The monoisotopic (exact) mass is 173 g/mol. The number of hydrogen-bond acceptors (Lipinski definition) is 2. The first kappa shape index (κ1) is 7.92. The van der Waals surface area contributed by atoms with Gasteiger partial charge in [0.15, 0.2) is 0 Å². The molecule has 1 radical (unpaired) electrons. The Morgan fingerprint density at radius 2 is 1.92 bits per heavy atom. The molecule has 0 unspecified atom stereocenters. The van der Waals surface area contributed by atoms with Crippen LogP contribution in [0, 0.1) is 6.92 Å². The van der Waals surface area contributed by atoms with E-state index in [1.165, 1.54) is 0 Å². The third kappa shape index (κ3) is 1.90. The summed E-state index contributed by atoms with van der Waals surface area (Å²) in [6.45, 7) is 3.71. The predicted molar refractivity (Wildman–Crippen MR) is 49.7 cm³/mol. The molecule has 0 saturated carbocycles. The molecule has 0 amide bonds. The summed E-state index contributed by atoms with van der Waals surface area (Å²) in [7, 11) is 0. The summed E-state index contributed by atoms with van der Waals surface area (Å²) < 4.78 is 10.5. The number of furan rings is 1. The Morgan fingerprint density at radius 3 is 2.54 bits per heavy atom. The highest BCUT2D eigenvalue weighted by Gasteiger charge is 1.99. The second-order valence-corrected chi connectivity index (χ2v) is 2.69. The third-order valence-electron chi connectivity index (χ3n) is 1.59. The van der Waals surface area contributed by atoms with Crippen molar-refractivity contribution in [2.75, 3.05) is 0 Å². The van der Waals surface area contributed by atoms with Crippen LogP contribution in [-0.4, -0.2) is 0 Å². The van der Waals surface area contributed by atoms with Crippen LogP contribution in [0.1, 0.15) is 5.56 Å². The van der Waals surface area contributed by atoms with Crippen molar-refractivity contribution in [2.45, 2.75) is 0 Å². The van der Waals surface area contributed by atoms with E-state index in [1.54, 1.807) is 12.3 Å². The van der Waals surface area contributed by atoms with E-state index in [-0.39, 0.29) is 0 Å². The van der Waals surface area contributed by atoms with Gasteiger partial charge >= 0.3 is 0 Å². The number of rotatable bonds is 2. The molecule has 1 aromatic carbocycles. The maximum Gasteiger partial charge on any atom is 0.290 e. The van der Waals surface area contributed by atoms with Crippen molar-refractivity contribution in [1.82, 2.24) is 0 Å². The fourth-order valence-corrected chi connectivity index (χ4v) is 1.01. The average molecular weight is 173 g/mol. The summed E-state index contributed by atoms with van der Waals surface area (Å²) in [6, 6.07) is 11.2. The van der Waals surface area contributed by atoms with E-state index in [0.717, 1.165) is 11.3 Å². The van der Waals surface area contributed by atoms with Crippen molar-refractivity contribution < 1.29 is 9.15 Å². The Kier molecular flexibility index (Phi) is 2.04. The molecule has 65 valence electrons. The Labute approximate surface area is 76.8 Å². The van der Waals surface area contributed by atoms with Gasteiger partial charge in [-0.2, -0.15) is 0 Å². The van der Waals surface area contributed by atoms with Gasteiger partial charge in [-0.1, -0.05) is 18.2 Å². The molecular weight excluding hydrogens is 164 g/mol. The van der Waals surface area contributed by atoms with Crippen LogP contribution in [0.5, 0.6) is 11.7 Å². The van der Waals surface area contributed by atoms with E-state index in [4.69, 9.17) is 9.15 Å². The van der Waals surface area contributed by atoms with Crippen LogP contribution >= 0.6 is 0 Å². The summed E-state index contributed by atoms with van der Waals surface area (Å²) in [5.74, 6) is 1.23. The molecular formula is C11H9O2. The Balaban J connectivity index is 2.15. The molecule has 2 aromatic rings. The third-order valence-corrected chi connectivity index (χ3v) is 1.59. The molecule has 2 rings (SSSR count). The van der Waals surface area contributed by atoms with Crippen LogP contribution in [0.4, 0.5) is 0 Å². The van der Waals surface area contributed by atoms with Crippen molar-refractivity contribution in [3.8, 4) is 11.7 Å². The van der Waals surface area contributed by atoms with Crippen LogP contribution in [0.3, 0.4) is 0 Å². The Hall–Kier alpha value is -1.70. The van der Waals surface area contributed by atoms with Gasteiger partial charge in [0.2, 0.25) is 0 Å². The lowest BCUT2D eigenvalue weighted by atomic mass is 10.3. The highest BCUT2D eigenvalue weighted by molar-refractivity contribution is 5.27. The predicted octanol–water partition coefficient (Wildman–Crippen LogP) is 3.25. The fraction of sp³-hybridized carbons (Fsp3) is 0. The Morgan fingerprint density at radius 1 is 1.15 bits per heavy atom. The normalized spacial score (nSPS) is 9.92. The lowest BCUT2D eigenvalue weighted by Gasteiger charge is -1.99. The van der Waals surface area contributed by atoms with Crippen molar-refractivity contribution in [2.24, 2.45) is 0 Å². The second kappa shape index (κ2) is 3.35. The van der Waals surface area contributed by atoms with Gasteiger partial charge in [0, 0.05) is 6.07 Å². The molecule has 1 heterocycles. The van der Waals surface area contributed by atoms with Gasteiger partial charge in [-0.3, -0.25) is 0 Å². The van der Waals surface area contributed by atoms with Crippen LogP contribution in [0.2, 0.25) is 0 Å². The van der Waals surface area contributed by atoms with Crippen LogP contribution in [0.25, 0.3) is 0 Å². The largest absolute Gasteiger partial charge is 0.434 e. The maximum atomic E-state index is 5.39. The van der Waals surface area contributed by atoms with Gasteiger partial charge in [-0.15, -0.1) is 0 Å². The van der Waals surface area contributed by atoms with E-state index in [2.05, 4.69) is 6.92 Å². The summed E-state index contributed by atoms with van der Waals surface area (Å²) >= 11 is 0. The molecule has 2 heteroatoms. The minimum Gasteiger partial charge on any atom is -0.434 e. The van der Waals surface area contributed by atoms with Gasteiger partial charge in [0.25, 0.3) is 5.95 Å². The highest BCUT2D eigenvalue weighted by Crippen LogP contribution is 2.22. The molecule has 0 N–H and O–H groups in total. The van der Waals surface area contributed by atoms with Gasteiger partial charge in [-0.05, 0) is 24.6 Å². The Bertz CT molecular complexity index is 376. The van der Waals surface area contributed by atoms with Crippen LogP contribution in [-0.2, 0) is 0 Å². The average Bonchev–Trinajstić information content (AvgIpc) is 2.53. The van der Waals surface area contributed by atoms with E-state index in [1.807, 2.05) is 30.3 Å². The van der Waals surface area contributed by atoms with Crippen LogP contribution in [0.15, 0.2) is 47.1 Å². The fourth-order valence-electron chi connectivity index (χ4n) is 1.01. The number of ether oxygens (including phenoxy) is 1. The topological polar surface area (TPSA) is 22.4 Å². The van der Waals surface area contributed by atoms with Crippen molar-refractivity contribution in [1.29, 1.82) is 0 Å². The summed E-state index contributed by atoms with van der Waals surface area (Å²) in [5, 5.41) is 0. The zero-order valence-electron chi connectivity index (χ0n) is 7.07. The molecule has 0 spiro atoms. The lowest BCUT2D eigenvalue weighted by molar-refractivity contribution is 0.346. The zero-order chi connectivity index (χ0) is 9.10. The van der Waals surface area contributed by atoms with Crippen molar-refractivity contribution in [3.63, 3.8) is 0 Å². The molecule has 13 heavy (non-hydrogen) atoms. The molecule has 0 bridgehead atoms. The molecule has 1 aromatic heterocycles. The van der Waals surface area contributed by atoms with E-state index in [0.29, 0.717) is 5.95 Å². The minimum absolute atomic E-state index is 0.469. The molecule has 0 aliphatic carbocycles. The quantitative estimate of drug-likeness (QED) is 0.695. The maximum absolute atomic E-state index is 5.39. The first-order valence-electron chi connectivity index (χ1n) is 3.98. The highest BCUT2D eigenvalue weighted by atomic mass is 16.6. The van der Waals surface area contributed by atoms with Gasteiger partial charge in [-0.25, -0.2) is 0 Å². The van der Waals surface area contributed by atoms with E-state index >= 15 is 0 Å². The van der Waals surface area contributed by atoms with Crippen LogP contribution < -0.4 is 4.74 Å². The van der Waals surface area contributed by atoms with Crippen molar-refractivity contribution in [3.05, 3.63) is 55.1 Å². The van der Waals surface area contributed by atoms with Crippen molar-refractivity contribution >= 4 is 0 Å². The molecule has 0 aliphatic heterocycles. The first-order chi connectivity index (χ1) is 6.34. The zero-order valence-corrected chi connectivity index (χ0v) is 7.07. The van der Waals surface area contributed by atoms with E-state index < -0.39 is 0 Å². The lowest BCUT2D eigenvalue weighted by Crippen LogP contribution is -1.79. The summed E-state index contributed by atoms with van der Waals surface area (Å²) in [4.78, 5) is 0. The smallest absolute Gasteiger partial charge is 0.290 e. The second-order valence-electron chi connectivity index (χ2n) is 2.69. The summed E-state index contributed by atoms with van der Waals surface area (Å²) in [6.07, 6.45) is 1.55. The minimum atomic E-state index is 0.469. The molecule has 2 nitrogen and oxygen atoms in total. The van der Waals surface area contributed by atoms with Gasteiger partial charge in [0.1, 0.15) is 5.75 Å². The number of benzene rings is 1. The van der Waals surface area contributed by atoms with Gasteiger partial charge < -0.3 is 9.15 Å². The van der Waals surface area contributed by atoms with Gasteiger partial charge in [0.05, 0.1) is 6.26 Å². The first-order valence-corrected chi connectivity index (χ1v) is 3.98. The summed E-state index contributed by atoms with van der Waals surface area (Å²) in [5.41, 5.74) is 0.811. The molecule has 0 aliphatic rings. The SMILES string of the molecule is [CH2]c1coc(Oc2ccccc2)c1. The van der Waals surface area contributed by atoms with E-state index in [9.17, 15) is 0 Å². The standard InChI is InChI=1S/C11H9O2/c1-9-7-11(12-8-9)13-10-5-3-2-4-6-10/h2-8H,1H2.